The maximum Gasteiger partial charge on any atom is 0.451 e. The maximum absolute atomic E-state index is 13.4. The number of hydrogen-bond acceptors (Lipinski definition) is 6. The van der Waals surface area contributed by atoms with Crippen molar-refractivity contribution in [3.8, 4) is 0 Å². The molecular weight excluding hydrogens is 485 g/mol. The number of anilines is 1. The zero-order chi connectivity index (χ0) is 26.3. The van der Waals surface area contributed by atoms with Gasteiger partial charge in [-0.3, -0.25) is 14.6 Å². The van der Waals surface area contributed by atoms with E-state index in [1.807, 2.05) is 38.1 Å². The number of Topliss-reactive ketones (excluding diaryl/α,β-unsaturated/α-hetero) is 1. The van der Waals surface area contributed by atoms with Gasteiger partial charge in [-0.2, -0.15) is 13.2 Å². The molecule has 0 spiro atoms. The summed E-state index contributed by atoms with van der Waals surface area (Å²) in [4.78, 5) is 34.0. The van der Waals surface area contributed by atoms with Crippen molar-refractivity contribution in [2.24, 2.45) is 11.8 Å². The predicted molar refractivity (Wildman–Crippen MR) is 131 cm³/mol. The molecule has 11 heteroatoms. The fraction of sp³-hybridized carbons (Fsp3) is 0.500. The number of ketones is 1. The van der Waals surface area contributed by atoms with Gasteiger partial charge in [-0.25, -0.2) is 0 Å². The third-order valence-electron chi connectivity index (χ3n) is 7.40. The van der Waals surface area contributed by atoms with Crippen LogP contribution in [0.3, 0.4) is 0 Å². The summed E-state index contributed by atoms with van der Waals surface area (Å²) in [5.74, 6) is -0.969. The molecule has 0 unspecified atom stereocenters. The molecular formula is C26H29F3N6O2. The first-order valence-electron chi connectivity index (χ1n) is 12.6. The van der Waals surface area contributed by atoms with E-state index in [9.17, 15) is 22.8 Å². The first-order chi connectivity index (χ1) is 17.7. The lowest BCUT2D eigenvalue weighted by Gasteiger charge is -2.40. The molecule has 2 atom stereocenters. The highest BCUT2D eigenvalue weighted by Crippen LogP contribution is 2.34. The van der Waals surface area contributed by atoms with Crippen LogP contribution in [0, 0.1) is 11.8 Å². The van der Waals surface area contributed by atoms with Gasteiger partial charge in [-0.05, 0) is 37.0 Å². The number of rotatable bonds is 5. The summed E-state index contributed by atoms with van der Waals surface area (Å²) in [6.07, 6.45) is -0.894. The summed E-state index contributed by atoms with van der Waals surface area (Å²) in [5.41, 5.74) is 2.44. The predicted octanol–water partition coefficient (Wildman–Crippen LogP) is 4.33. The van der Waals surface area contributed by atoms with Gasteiger partial charge >= 0.3 is 6.18 Å². The number of benzene rings is 1. The van der Waals surface area contributed by atoms with Crippen LogP contribution in [0.5, 0.6) is 0 Å². The van der Waals surface area contributed by atoms with Crippen LogP contribution >= 0.6 is 0 Å². The van der Waals surface area contributed by atoms with Gasteiger partial charge in [0.2, 0.25) is 11.7 Å². The molecule has 1 saturated heterocycles. The molecule has 2 aliphatic rings. The fourth-order valence-electron chi connectivity index (χ4n) is 5.47. The van der Waals surface area contributed by atoms with E-state index in [2.05, 4.69) is 20.1 Å². The molecule has 5 rings (SSSR count). The summed E-state index contributed by atoms with van der Waals surface area (Å²) in [6.45, 7) is 5.60. The van der Waals surface area contributed by atoms with E-state index in [1.54, 1.807) is 11.1 Å². The molecule has 1 aromatic carbocycles. The highest BCUT2D eigenvalue weighted by Gasteiger charge is 2.41. The van der Waals surface area contributed by atoms with Gasteiger partial charge in [0, 0.05) is 61.4 Å². The first kappa shape index (κ1) is 25.2. The number of carbonyl (C=O) groups excluding carboxylic acids is 2. The molecule has 0 N–H and O–H groups in total. The summed E-state index contributed by atoms with van der Waals surface area (Å²) >= 11 is 0. The van der Waals surface area contributed by atoms with E-state index in [0.717, 1.165) is 27.6 Å². The summed E-state index contributed by atoms with van der Waals surface area (Å²) < 4.78 is 40.5. The van der Waals surface area contributed by atoms with Crippen LogP contribution in [0.15, 0.2) is 30.5 Å². The lowest BCUT2D eigenvalue weighted by atomic mass is 9.85. The number of halogens is 3. The monoisotopic (exact) mass is 514 g/mol. The standard InChI is InChI=1S/C26H29F3N6O2/c1-3-4-22(36)17-5-6-19-20(13-17)30-9-7-21(19)33-10-8-18(16(2)14-33)24(37)34-11-12-35-23(15-34)31-32-25(35)26(27,28)29/h5-7,9,13,16,18H,3-4,8,10-12,14-15H2,1-2H3/t16-,18+/m1/s1. The van der Waals surface area contributed by atoms with Crippen molar-refractivity contribution in [2.75, 3.05) is 24.5 Å². The normalized spacial score (nSPS) is 20.2. The van der Waals surface area contributed by atoms with Gasteiger partial charge in [-0.1, -0.05) is 19.9 Å². The quantitative estimate of drug-likeness (QED) is 0.472. The summed E-state index contributed by atoms with van der Waals surface area (Å²) in [7, 11) is 0. The van der Waals surface area contributed by atoms with E-state index in [4.69, 9.17) is 0 Å². The Labute approximate surface area is 212 Å². The van der Waals surface area contributed by atoms with Gasteiger partial charge in [0.15, 0.2) is 11.6 Å². The molecule has 3 aromatic rings. The average Bonchev–Trinajstić information content (AvgIpc) is 3.32. The first-order valence-corrected chi connectivity index (χ1v) is 12.6. The second-order valence-corrected chi connectivity index (χ2v) is 9.90. The van der Waals surface area contributed by atoms with Crippen LogP contribution < -0.4 is 4.90 Å². The third-order valence-corrected chi connectivity index (χ3v) is 7.40. The van der Waals surface area contributed by atoms with Crippen molar-refractivity contribution < 1.29 is 22.8 Å². The number of nitrogens with zero attached hydrogens (tertiary/aromatic N) is 6. The lowest BCUT2D eigenvalue weighted by molar-refractivity contribution is -0.148. The van der Waals surface area contributed by atoms with Crippen molar-refractivity contribution in [1.82, 2.24) is 24.6 Å². The number of fused-ring (bicyclic) bond motifs is 2. The number of hydrogen-bond donors (Lipinski definition) is 0. The largest absolute Gasteiger partial charge is 0.451 e. The van der Waals surface area contributed by atoms with Gasteiger partial charge in [-0.15, -0.1) is 10.2 Å². The van der Waals surface area contributed by atoms with E-state index in [1.165, 1.54) is 0 Å². The van der Waals surface area contributed by atoms with E-state index in [0.29, 0.717) is 31.5 Å². The summed E-state index contributed by atoms with van der Waals surface area (Å²) in [5, 5.41) is 7.96. The van der Waals surface area contributed by atoms with Crippen molar-refractivity contribution in [2.45, 2.75) is 52.4 Å². The lowest BCUT2D eigenvalue weighted by Crippen LogP contribution is -2.49. The number of amides is 1. The number of pyridine rings is 1. The zero-order valence-electron chi connectivity index (χ0n) is 20.8. The molecule has 37 heavy (non-hydrogen) atoms. The minimum atomic E-state index is -4.57. The van der Waals surface area contributed by atoms with Crippen molar-refractivity contribution in [1.29, 1.82) is 0 Å². The molecule has 1 fully saturated rings. The molecule has 0 saturated carbocycles. The highest BCUT2D eigenvalue weighted by atomic mass is 19.4. The average molecular weight is 515 g/mol. The van der Waals surface area contributed by atoms with Crippen LogP contribution in [0.1, 0.15) is 55.1 Å². The van der Waals surface area contributed by atoms with Crippen LogP contribution in [0.25, 0.3) is 10.9 Å². The smallest absolute Gasteiger partial charge is 0.371 e. The molecule has 2 aromatic heterocycles. The Morgan fingerprint density at radius 1 is 1.11 bits per heavy atom. The van der Waals surface area contributed by atoms with Crippen LogP contribution in [0.4, 0.5) is 18.9 Å². The Hall–Kier alpha value is -3.50. The fourth-order valence-corrected chi connectivity index (χ4v) is 5.47. The Morgan fingerprint density at radius 2 is 1.92 bits per heavy atom. The number of aromatic nitrogens is 4. The molecule has 1 amide bonds. The zero-order valence-corrected chi connectivity index (χ0v) is 20.8. The number of carbonyl (C=O) groups is 2. The van der Waals surface area contributed by atoms with Crippen LogP contribution in [-0.4, -0.2) is 56.0 Å². The number of alkyl halides is 3. The summed E-state index contributed by atoms with van der Waals surface area (Å²) in [6, 6.07) is 7.60. The number of piperidine rings is 1. The molecule has 4 heterocycles. The van der Waals surface area contributed by atoms with Crippen molar-refractivity contribution in [3.63, 3.8) is 0 Å². The SMILES string of the molecule is CCCC(=O)c1ccc2c(N3CC[C@H](C(=O)N4CCn5c(nnc5C(F)(F)F)C4)[C@H](C)C3)ccnc2c1. The maximum atomic E-state index is 13.4. The van der Waals surface area contributed by atoms with Crippen molar-refractivity contribution >= 4 is 28.3 Å². The molecule has 0 bridgehead atoms. The molecule has 8 nitrogen and oxygen atoms in total. The highest BCUT2D eigenvalue weighted by molar-refractivity contribution is 6.01. The molecule has 0 aliphatic carbocycles. The van der Waals surface area contributed by atoms with E-state index >= 15 is 0 Å². The Kier molecular flexibility index (Phi) is 6.63. The van der Waals surface area contributed by atoms with E-state index < -0.39 is 12.0 Å². The van der Waals surface area contributed by atoms with Crippen LogP contribution in [0.2, 0.25) is 0 Å². The Balaban J connectivity index is 1.28. The van der Waals surface area contributed by atoms with Gasteiger partial charge in [0.1, 0.15) is 0 Å². The minimum absolute atomic E-state index is 0.0297. The second kappa shape index (κ2) is 9.75. The Bertz CT molecular complexity index is 1340. The van der Waals surface area contributed by atoms with E-state index in [-0.39, 0.29) is 49.0 Å². The topological polar surface area (TPSA) is 84.2 Å². The van der Waals surface area contributed by atoms with Gasteiger partial charge in [0.05, 0.1) is 12.1 Å². The third kappa shape index (κ3) is 4.78. The minimum Gasteiger partial charge on any atom is -0.371 e. The second-order valence-electron chi connectivity index (χ2n) is 9.90. The van der Waals surface area contributed by atoms with Crippen molar-refractivity contribution in [3.05, 3.63) is 47.7 Å². The van der Waals surface area contributed by atoms with Gasteiger partial charge in [0.25, 0.3) is 0 Å². The molecule has 2 aliphatic heterocycles. The molecule has 0 radical (unpaired) electrons. The Morgan fingerprint density at radius 3 is 2.65 bits per heavy atom. The van der Waals surface area contributed by atoms with Crippen LogP contribution in [-0.2, 0) is 24.1 Å². The van der Waals surface area contributed by atoms with Gasteiger partial charge < -0.3 is 14.4 Å². The molecule has 196 valence electrons.